The molecule has 162 valence electrons. The Balaban J connectivity index is 1.44. The fourth-order valence-electron chi connectivity index (χ4n) is 4.12. The molecular formula is C25H22F2N4O. The van der Waals surface area contributed by atoms with Crippen LogP contribution in [0.3, 0.4) is 0 Å². The lowest BCUT2D eigenvalue weighted by molar-refractivity contribution is 0.249. The number of anilines is 1. The van der Waals surface area contributed by atoms with E-state index in [2.05, 4.69) is 14.8 Å². The first kappa shape index (κ1) is 20.3. The SMILES string of the molecule is Oc1ccccc1-c1nc(N2CCN(Cc3cccc(F)c3)CC2)c2cc(F)ccc2n1. The molecule has 1 aliphatic heterocycles. The molecule has 0 aliphatic carbocycles. The lowest BCUT2D eigenvalue weighted by Crippen LogP contribution is -2.46. The highest BCUT2D eigenvalue weighted by Gasteiger charge is 2.22. The smallest absolute Gasteiger partial charge is 0.165 e. The van der Waals surface area contributed by atoms with E-state index in [1.54, 1.807) is 36.4 Å². The highest BCUT2D eigenvalue weighted by Crippen LogP contribution is 2.32. The third-order valence-corrected chi connectivity index (χ3v) is 5.75. The molecule has 5 rings (SSSR count). The van der Waals surface area contributed by atoms with Gasteiger partial charge in [0.15, 0.2) is 5.82 Å². The van der Waals surface area contributed by atoms with Crippen LogP contribution in [-0.2, 0) is 6.54 Å². The normalized spacial score (nSPS) is 14.8. The molecule has 2 heterocycles. The van der Waals surface area contributed by atoms with Crippen molar-refractivity contribution >= 4 is 16.7 Å². The van der Waals surface area contributed by atoms with Gasteiger partial charge in [0.05, 0.1) is 11.1 Å². The highest BCUT2D eigenvalue weighted by molar-refractivity contribution is 5.91. The molecule has 1 fully saturated rings. The molecule has 7 heteroatoms. The average molecular weight is 432 g/mol. The molecule has 4 aromatic rings. The van der Waals surface area contributed by atoms with E-state index in [0.29, 0.717) is 47.7 Å². The molecule has 1 aromatic heterocycles. The van der Waals surface area contributed by atoms with E-state index in [1.807, 2.05) is 12.1 Å². The van der Waals surface area contributed by atoms with Gasteiger partial charge in [0.25, 0.3) is 0 Å². The average Bonchev–Trinajstić information content (AvgIpc) is 2.79. The fraction of sp³-hybridized carbons (Fsp3) is 0.200. The molecule has 0 spiro atoms. The lowest BCUT2D eigenvalue weighted by Gasteiger charge is -2.36. The molecule has 0 radical (unpaired) electrons. The Morgan fingerprint density at radius 2 is 1.59 bits per heavy atom. The Kier molecular flexibility index (Phi) is 5.41. The molecular weight excluding hydrogens is 410 g/mol. The van der Waals surface area contributed by atoms with Crippen LogP contribution in [0.5, 0.6) is 5.75 Å². The van der Waals surface area contributed by atoms with Crippen LogP contribution in [0.15, 0.2) is 66.7 Å². The van der Waals surface area contributed by atoms with Gasteiger partial charge in [-0.2, -0.15) is 0 Å². The molecule has 0 saturated carbocycles. The quantitative estimate of drug-likeness (QED) is 0.511. The molecule has 32 heavy (non-hydrogen) atoms. The van der Waals surface area contributed by atoms with Crippen molar-refractivity contribution in [1.82, 2.24) is 14.9 Å². The maximum atomic E-state index is 14.1. The summed E-state index contributed by atoms with van der Waals surface area (Å²) in [6.45, 7) is 3.59. The standard InChI is InChI=1S/C25H22F2N4O/c26-18-5-3-4-17(14-18)16-30-10-12-31(13-11-30)25-21-15-19(27)8-9-22(21)28-24(29-25)20-6-1-2-7-23(20)32/h1-9,14-15,32H,10-13,16H2. The van der Waals surface area contributed by atoms with E-state index < -0.39 is 0 Å². The number of nitrogens with zero attached hydrogens (tertiary/aromatic N) is 4. The summed E-state index contributed by atoms with van der Waals surface area (Å²) in [6.07, 6.45) is 0. The van der Waals surface area contributed by atoms with Gasteiger partial charge in [-0.3, -0.25) is 4.90 Å². The van der Waals surface area contributed by atoms with Gasteiger partial charge in [0.1, 0.15) is 23.2 Å². The van der Waals surface area contributed by atoms with Gasteiger partial charge in [0, 0.05) is 38.1 Å². The van der Waals surface area contributed by atoms with Crippen molar-refractivity contribution in [2.24, 2.45) is 0 Å². The van der Waals surface area contributed by atoms with Crippen molar-refractivity contribution in [3.63, 3.8) is 0 Å². The monoisotopic (exact) mass is 432 g/mol. The Hall–Kier alpha value is -3.58. The van der Waals surface area contributed by atoms with Gasteiger partial charge in [-0.05, 0) is 48.0 Å². The van der Waals surface area contributed by atoms with Gasteiger partial charge in [-0.25, -0.2) is 18.7 Å². The number of halogens is 2. The molecule has 0 atom stereocenters. The molecule has 0 amide bonds. The second-order valence-corrected chi connectivity index (χ2v) is 7.94. The summed E-state index contributed by atoms with van der Waals surface area (Å²) in [4.78, 5) is 13.7. The topological polar surface area (TPSA) is 52.5 Å². The zero-order valence-electron chi connectivity index (χ0n) is 17.4. The van der Waals surface area contributed by atoms with E-state index >= 15 is 0 Å². The Labute approximate surface area is 184 Å². The number of rotatable bonds is 4. The highest BCUT2D eigenvalue weighted by atomic mass is 19.1. The molecule has 3 aromatic carbocycles. The zero-order valence-corrected chi connectivity index (χ0v) is 17.4. The molecule has 5 nitrogen and oxygen atoms in total. The van der Waals surface area contributed by atoms with E-state index in [4.69, 9.17) is 4.98 Å². The molecule has 0 bridgehead atoms. The predicted octanol–water partition coefficient (Wildman–Crippen LogP) is 4.60. The summed E-state index contributed by atoms with van der Waals surface area (Å²) in [5.41, 5.74) is 2.09. The number of hydrogen-bond donors (Lipinski definition) is 1. The van der Waals surface area contributed by atoms with Crippen molar-refractivity contribution in [3.8, 4) is 17.1 Å². The third kappa shape index (κ3) is 4.11. The van der Waals surface area contributed by atoms with Crippen LogP contribution in [0.4, 0.5) is 14.6 Å². The van der Waals surface area contributed by atoms with Crippen molar-refractivity contribution < 1.29 is 13.9 Å². The van der Waals surface area contributed by atoms with Crippen molar-refractivity contribution in [1.29, 1.82) is 0 Å². The van der Waals surface area contributed by atoms with Crippen LogP contribution in [-0.4, -0.2) is 46.2 Å². The largest absolute Gasteiger partial charge is 0.507 e. The number of piperazine rings is 1. The van der Waals surface area contributed by atoms with Crippen LogP contribution < -0.4 is 4.90 Å². The van der Waals surface area contributed by atoms with E-state index in [0.717, 1.165) is 18.7 Å². The number of aromatic hydroxyl groups is 1. The Bertz CT molecular complexity index is 1270. The van der Waals surface area contributed by atoms with Crippen LogP contribution in [0.1, 0.15) is 5.56 Å². The van der Waals surface area contributed by atoms with Crippen LogP contribution in [0.2, 0.25) is 0 Å². The summed E-state index contributed by atoms with van der Waals surface area (Å²) < 4.78 is 27.6. The summed E-state index contributed by atoms with van der Waals surface area (Å²) in [5.74, 6) is 0.576. The Morgan fingerprint density at radius 1 is 0.812 bits per heavy atom. The van der Waals surface area contributed by atoms with E-state index in [1.165, 1.54) is 18.2 Å². The van der Waals surface area contributed by atoms with Gasteiger partial charge in [-0.15, -0.1) is 0 Å². The number of phenols is 1. The van der Waals surface area contributed by atoms with Crippen LogP contribution in [0, 0.1) is 11.6 Å². The van der Waals surface area contributed by atoms with E-state index in [9.17, 15) is 13.9 Å². The van der Waals surface area contributed by atoms with E-state index in [-0.39, 0.29) is 17.4 Å². The second-order valence-electron chi connectivity index (χ2n) is 7.94. The molecule has 0 unspecified atom stereocenters. The zero-order chi connectivity index (χ0) is 22.1. The van der Waals surface area contributed by atoms with Gasteiger partial charge in [0.2, 0.25) is 0 Å². The maximum absolute atomic E-state index is 14.1. The number of fused-ring (bicyclic) bond motifs is 1. The number of hydrogen-bond acceptors (Lipinski definition) is 5. The summed E-state index contributed by atoms with van der Waals surface area (Å²) in [6, 6.07) is 18.1. The Morgan fingerprint density at radius 3 is 2.38 bits per heavy atom. The minimum Gasteiger partial charge on any atom is -0.507 e. The van der Waals surface area contributed by atoms with Crippen LogP contribution >= 0.6 is 0 Å². The maximum Gasteiger partial charge on any atom is 0.165 e. The number of benzene rings is 3. The number of phenolic OH excluding ortho intramolecular Hbond substituents is 1. The summed E-state index contributed by atoms with van der Waals surface area (Å²) >= 11 is 0. The van der Waals surface area contributed by atoms with Crippen molar-refractivity contribution in [2.75, 3.05) is 31.1 Å². The minimum absolute atomic E-state index is 0.0971. The van der Waals surface area contributed by atoms with Gasteiger partial charge < -0.3 is 10.0 Å². The second kappa shape index (κ2) is 8.51. The molecule has 1 saturated heterocycles. The van der Waals surface area contributed by atoms with Gasteiger partial charge in [-0.1, -0.05) is 24.3 Å². The predicted molar refractivity (Wildman–Crippen MR) is 120 cm³/mol. The summed E-state index contributed by atoms with van der Waals surface area (Å²) in [5, 5.41) is 10.9. The minimum atomic E-state index is -0.345. The van der Waals surface area contributed by atoms with Gasteiger partial charge >= 0.3 is 0 Å². The summed E-state index contributed by atoms with van der Waals surface area (Å²) in [7, 11) is 0. The third-order valence-electron chi connectivity index (χ3n) is 5.75. The first-order valence-corrected chi connectivity index (χ1v) is 10.5. The first-order chi connectivity index (χ1) is 15.6. The number of aromatic nitrogens is 2. The van der Waals surface area contributed by atoms with Crippen molar-refractivity contribution in [3.05, 3.63) is 83.9 Å². The first-order valence-electron chi connectivity index (χ1n) is 10.5. The fourth-order valence-corrected chi connectivity index (χ4v) is 4.12. The molecule has 1 aliphatic rings. The molecule has 1 N–H and O–H groups in total. The number of para-hydroxylation sites is 1. The van der Waals surface area contributed by atoms with Crippen molar-refractivity contribution in [2.45, 2.75) is 6.54 Å². The van der Waals surface area contributed by atoms with Crippen LogP contribution in [0.25, 0.3) is 22.3 Å². The lowest BCUT2D eigenvalue weighted by atomic mass is 10.1.